The predicted molar refractivity (Wildman–Crippen MR) is 56.3 cm³/mol. The number of aliphatic carboxylic acids is 1. The van der Waals surface area contributed by atoms with Crippen LogP contribution in [0.3, 0.4) is 0 Å². The van der Waals surface area contributed by atoms with Crippen LogP contribution in [0.25, 0.3) is 0 Å². The largest absolute Gasteiger partial charge is 0.481 e. The number of rotatable bonds is 3. The minimum Gasteiger partial charge on any atom is -0.481 e. The average Bonchev–Trinajstić information content (AvgIpc) is 2.18. The van der Waals surface area contributed by atoms with Crippen molar-refractivity contribution in [3.8, 4) is 6.07 Å². The molecule has 0 aromatic heterocycles. The maximum atomic E-state index is 10.9. The molecule has 0 spiro atoms. The molecule has 0 atom stereocenters. The van der Waals surface area contributed by atoms with Crippen molar-refractivity contribution in [2.75, 3.05) is 0 Å². The second kappa shape index (κ2) is 4.14. The third-order valence-electron chi connectivity index (χ3n) is 2.31. The zero-order chi connectivity index (χ0) is 11.5. The number of carboxylic acid groups (broad SMARTS) is 1. The number of benzene rings is 1. The zero-order valence-corrected chi connectivity index (χ0v) is 8.82. The second-order valence-electron chi connectivity index (χ2n) is 4.17. The van der Waals surface area contributed by atoms with Crippen LogP contribution < -0.4 is 0 Å². The molecule has 0 bridgehead atoms. The van der Waals surface area contributed by atoms with Crippen LogP contribution in [-0.4, -0.2) is 11.1 Å². The van der Waals surface area contributed by atoms with Crippen LogP contribution in [0.4, 0.5) is 0 Å². The summed E-state index contributed by atoms with van der Waals surface area (Å²) in [5.41, 5.74) is 0.752. The summed E-state index contributed by atoms with van der Waals surface area (Å²) in [6.07, 6.45) is 0.466. The predicted octanol–water partition coefficient (Wildman–Crippen LogP) is 2.21. The second-order valence-corrected chi connectivity index (χ2v) is 4.17. The van der Waals surface area contributed by atoms with Crippen LogP contribution in [0.5, 0.6) is 0 Å². The fraction of sp³-hybridized carbons (Fsp3) is 0.333. The number of carbonyl (C=O) groups is 1. The Kier molecular flexibility index (Phi) is 3.11. The first-order valence-electron chi connectivity index (χ1n) is 4.68. The number of carboxylic acids is 1. The Labute approximate surface area is 89.0 Å². The lowest BCUT2D eigenvalue weighted by Gasteiger charge is -2.18. The molecule has 0 amide bonds. The summed E-state index contributed by atoms with van der Waals surface area (Å²) in [7, 11) is 0. The van der Waals surface area contributed by atoms with Gasteiger partial charge in [-0.15, -0.1) is 0 Å². The SMILES string of the molecule is CC(C)(Cc1ccc(C#N)cc1)C(=O)O. The number of hydrogen-bond donors (Lipinski definition) is 1. The van der Waals surface area contributed by atoms with Crippen molar-refractivity contribution < 1.29 is 9.90 Å². The van der Waals surface area contributed by atoms with E-state index >= 15 is 0 Å². The van der Waals surface area contributed by atoms with E-state index < -0.39 is 11.4 Å². The molecule has 0 radical (unpaired) electrons. The molecule has 3 heteroatoms. The van der Waals surface area contributed by atoms with E-state index in [4.69, 9.17) is 10.4 Å². The highest BCUT2D eigenvalue weighted by molar-refractivity contribution is 5.74. The lowest BCUT2D eigenvalue weighted by atomic mass is 9.86. The van der Waals surface area contributed by atoms with Crippen molar-refractivity contribution in [3.63, 3.8) is 0 Å². The first-order valence-corrected chi connectivity index (χ1v) is 4.68. The van der Waals surface area contributed by atoms with Crippen LogP contribution in [0.2, 0.25) is 0 Å². The molecule has 0 fully saturated rings. The highest BCUT2D eigenvalue weighted by Gasteiger charge is 2.27. The third-order valence-corrected chi connectivity index (χ3v) is 2.31. The minimum atomic E-state index is -0.813. The van der Waals surface area contributed by atoms with E-state index in [1.54, 1.807) is 38.1 Å². The van der Waals surface area contributed by atoms with E-state index in [0.717, 1.165) is 5.56 Å². The lowest BCUT2D eigenvalue weighted by molar-refractivity contribution is -0.146. The van der Waals surface area contributed by atoms with Gasteiger partial charge in [-0.3, -0.25) is 4.79 Å². The Bertz CT molecular complexity index is 399. The Hall–Kier alpha value is -1.82. The highest BCUT2D eigenvalue weighted by atomic mass is 16.4. The summed E-state index contributed by atoms with van der Waals surface area (Å²) in [4.78, 5) is 10.9. The Balaban J connectivity index is 2.83. The topological polar surface area (TPSA) is 61.1 Å². The highest BCUT2D eigenvalue weighted by Crippen LogP contribution is 2.22. The summed E-state index contributed by atoms with van der Waals surface area (Å²) in [6, 6.07) is 9.02. The molecule has 0 saturated heterocycles. The molecule has 0 saturated carbocycles. The van der Waals surface area contributed by atoms with E-state index in [2.05, 4.69) is 0 Å². The summed E-state index contributed by atoms with van der Waals surface area (Å²) < 4.78 is 0. The van der Waals surface area contributed by atoms with Crippen molar-refractivity contribution in [1.82, 2.24) is 0 Å². The van der Waals surface area contributed by atoms with Crippen molar-refractivity contribution in [2.24, 2.45) is 5.41 Å². The van der Waals surface area contributed by atoms with Gasteiger partial charge in [0.15, 0.2) is 0 Å². The van der Waals surface area contributed by atoms with Gasteiger partial charge < -0.3 is 5.11 Å². The summed E-state index contributed by atoms with van der Waals surface area (Å²) in [5, 5.41) is 17.6. The van der Waals surface area contributed by atoms with Crippen molar-refractivity contribution in [1.29, 1.82) is 5.26 Å². The van der Waals surface area contributed by atoms with Crippen LogP contribution in [0.1, 0.15) is 25.0 Å². The maximum absolute atomic E-state index is 10.9. The molecule has 78 valence electrons. The molecule has 0 aliphatic carbocycles. The smallest absolute Gasteiger partial charge is 0.309 e. The molecule has 1 aromatic rings. The fourth-order valence-corrected chi connectivity index (χ4v) is 1.28. The molecule has 0 unspecified atom stereocenters. The minimum absolute atomic E-state index is 0.466. The first-order chi connectivity index (χ1) is 6.95. The number of hydrogen-bond acceptors (Lipinski definition) is 2. The fourth-order valence-electron chi connectivity index (χ4n) is 1.28. The van der Waals surface area contributed by atoms with Crippen molar-refractivity contribution in [3.05, 3.63) is 35.4 Å². The van der Waals surface area contributed by atoms with E-state index in [1.807, 2.05) is 6.07 Å². The molecule has 0 aliphatic rings. The maximum Gasteiger partial charge on any atom is 0.309 e. The van der Waals surface area contributed by atoms with Crippen LogP contribution in [0.15, 0.2) is 24.3 Å². The Morgan fingerprint density at radius 2 is 1.93 bits per heavy atom. The van der Waals surface area contributed by atoms with Crippen molar-refractivity contribution >= 4 is 5.97 Å². The first kappa shape index (κ1) is 11.3. The quantitative estimate of drug-likeness (QED) is 0.819. The molecular weight excluding hydrogens is 190 g/mol. The van der Waals surface area contributed by atoms with Crippen LogP contribution >= 0.6 is 0 Å². The standard InChI is InChI=1S/C12H13NO2/c1-12(2,11(14)15)7-9-3-5-10(8-13)6-4-9/h3-6H,7H2,1-2H3,(H,14,15). The summed E-state index contributed by atoms with van der Waals surface area (Å²) >= 11 is 0. The zero-order valence-electron chi connectivity index (χ0n) is 8.82. The van der Waals surface area contributed by atoms with Gasteiger partial charge >= 0.3 is 5.97 Å². The molecule has 0 heterocycles. The number of nitriles is 1. The van der Waals surface area contributed by atoms with Gasteiger partial charge in [0.2, 0.25) is 0 Å². The van der Waals surface area contributed by atoms with E-state index in [9.17, 15) is 4.79 Å². The van der Waals surface area contributed by atoms with Gasteiger partial charge in [0.05, 0.1) is 17.0 Å². The Morgan fingerprint density at radius 3 is 2.33 bits per heavy atom. The van der Waals surface area contributed by atoms with Crippen molar-refractivity contribution in [2.45, 2.75) is 20.3 Å². The molecule has 3 nitrogen and oxygen atoms in total. The van der Waals surface area contributed by atoms with E-state index in [-0.39, 0.29) is 0 Å². The lowest BCUT2D eigenvalue weighted by Crippen LogP contribution is -2.26. The van der Waals surface area contributed by atoms with Gasteiger partial charge in [-0.05, 0) is 38.0 Å². The summed E-state index contributed by atoms with van der Waals surface area (Å²) in [6.45, 7) is 3.38. The van der Waals surface area contributed by atoms with Gasteiger partial charge in [-0.2, -0.15) is 5.26 Å². The van der Waals surface area contributed by atoms with Gasteiger partial charge in [0.1, 0.15) is 0 Å². The summed E-state index contributed by atoms with van der Waals surface area (Å²) in [5.74, 6) is -0.813. The van der Waals surface area contributed by atoms with E-state index in [0.29, 0.717) is 12.0 Å². The molecule has 1 rings (SSSR count). The molecule has 1 aromatic carbocycles. The number of nitrogens with zero attached hydrogens (tertiary/aromatic N) is 1. The molecular formula is C12H13NO2. The van der Waals surface area contributed by atoms with Gasteiger partial charge in [0.25, 0.3) is 0 Å². The third kappa shape index (κ3) is 2.81. The normalized spacial score (nSPS) is 10.7. The van der Waals surface area contributed by atoms with Gasteiger partial charge in [-0.1, -0.05) is 12.1 Å². The molecule has 1 N–H and O–H groups in total. The van der Waals surface area contributed by atoms with Gasteiger partial charge in [-0.25, -0.2) is 0 Å². The van der Waals surface area contributed by atoms with E-state index in [1.165, 1.54) is 0 Å². The van der Waals surface area contributed by atoms with Crippen LogP contribution in [0, 0.1) is 16.7 Å². The monoisotopic (exact) mass is 203 g/mol. The van der Waals surface area contributed by atoms with Crippen LogP contribution in [-0.2, 0) is 11.2 Å². The Morgan fingerprint density at radius 1 is 1.40 bits per heavy atom. The van der Waals surface area contributed by atoms with Gasteiger partial charge in [0, 0.05) is 0 Å². The average molecular weight is 203 g/mol. The molecule has 15 heavy (non-hydrogen) atoms. The molecule has 0 aliphatic heterocycles.